The van der Waals surface area contributed by atoms with E-state index in [-0.39, 0.29) is 5.91 Å². The average Bonchev–Trinajstić information content (AvgIpc) is 2.36. The Kier molecular flexibility index (Phi) is 4.37. The Morgan fingerprint density at radius 2 is 2.38 bits per heavy atom. The number of rotatable bonds is 5. The summed E-state index contributed by atoms with van der Waals surface area (Å²) < 4.78 is 0. The molecule has 0 bridgehead atoms. The number of amides is 1. The molecule has 0 aliphatic heterocycles. The first-order valence-electron chi connectivity index (χ1n) is 5.35. The van der Waals surface area contributed by atoms with Crippen LogP contribution in [-0.4, -0.2) is 22.4 Å². The minimum Gasteiger partial charge on any atom is -0.350 e. The van der Waals surface area contributed by atoms with Crippen LogP contribution in [0.3, 0.4) is 0 Å². The van der Waals surface area contributed by atoms with E-state index >= 15 is 0 Å². The lowest BCUT2D eigenvalue weighted by molar-refractivity contribution is -0.130. The van der Waals surface area contributed by atoms with Crippen LogP contribution in [-0.2, 0) is 11.3 Å². The van der Waals surface area contributed by atoms with Crippen molar-refractivity contribution in [2.45, 2.75) is 26.8 Å². The summed E-state index contributed by atoms with van der Waals surface area (Å²) in [7, 11) is 0. The van der Waals surface area contributed by atoms with E-state index in [0.717, 1.165) is 12.1 Å². The van der Waals surface area contributed by atoms with Crippen LogP contribution in [0.2, 0.25) is 0 Å². The summed E-state index contributed by atoms with van der Waals surface area (Å²) in [4.78, 5) is 19.7. The summed E-state index contributed by atoms with van der Waals surface area (Å²) in [5.74, 6) is -0.0314. The summed E-state index contributed by atoms with van der Waals surface area (Å²) in [6.07, 6.45) is 3.83. The Hall–Kier alpha value is -1.49. The van der Waals surface area contributed by atoms with Crippen molar-refractivity contribution in [2.75, 3.05) is 6.54 Å². The third kappa shape index (κ3) is 3.00. The van der Waals surface area contributed by atoms with Gasteiger partial charge in [-0.2, -0.15) is 0 Å². The standard InChI is InChI=1S/C11H18N4O/c1-3-11(2,7-12)10(16)14-6-9-4-5-13-8-15-9/h4-5,8H,3,6-7,12H2,1-2H3,(H,14,16). The van der Waals surface area contributed by atoms with Crippen LogP contribution in [0.5, 0.6) is 0 Å². The van der Waals surface area contributed by atoms with Gasteiger partial charge in [-0.05, 0) is 19.4 Å². The first-order valence-corrected chi connectivity index (χ1v) is 5.35. The molecule has 1 aromatic heterocycles. The van der Waals surface area contributed by atoms with Gasteiger partial charge in [0.05, 0.1) is 17.7 Å². The van der Waals surface area contributed by atoms with Crippen molar-refractivity contribution >= 4 is 5.91 Å². The number of aromatic nitrogens is 2. The molecule has 0 fully saturated rings. The molecular weight excluding hydrogens is 204 g/mol. The highest BCUT2D eigenvalue weighted by molar-refractivity contribution is 5.82. The molecule has 0 aliphatic carbocycles. The molecule has 0 aliphatic rings. The topological polar surface area (TPSA) is 80.9 Å². The van der Waals surface area contributed by atoms with Crippen LogP contribution in [0.25, 0.3) is 0 Å². The number of carbonyl (C=O) groups is 1. The zero-order valence-corrected chi connectivity index (χ0v) is 9.73. The fraction of sp³-hybridized carbons (Fsp3) is 0.545. The van der Waals surface area contributed by atoms with Gasteiger partial charge in [0.1, 0.15) is 6.33 Å². The minimum absolute atomic E-state index is 0.0314. The first kappa shape index (κ1) is 12.6. The van der Waals surface area contributed by atoms with Gasteiger partial charge in [0, 0.05) is 12.7 Å². The number of hydrogen-bond acceptors (Lipinski definition) is 4. The molecule has 0 saturated carbocycles. The van der Waals surface area contributed by atoms with Gasteiger partial charge in [0.25, 0.3) is 0 Å². The predicted molar refractivity (Wildman–Crippen MR) is 61.3 cm³/mol. The second-order valence-corrected chi connectivity index (χ2v) is 4.00. The van der Waals surface area contributed by atoms with Crippen molar-refractivity contribution in [2.24, 2.45) is 11.1 Å². The highest BCUT2D eigenvalue weighted by Crippen LogP contribution is 2.19. The number of nitrogens with two attached hydrogens (primary N) is 1. The lowest BCUT2D eigenvalue weighted by Crippen LogP contribution is -2.43. The van der Waals surface area contributed by atoms with Gasteiger partial charge in [-0.1, -0.05) is 6.92 Å². The number of nitrogens with one attached hydrogen (secondary N) is 1. The van der Waals surface area contributed by atoms with E-state index in [1.807, 2.05) is 13.8 Å². The number of carbonyl (C=O) groups excluding carboxylic acids is 1. The van der Waals surface area contributed by atoms with Gasteiger partial charge in [-0.15, -0.1) is 0 Å². The van der Waals surface area contributed by atoms with Crippen molar-refractivity contribution in [3.05, 3.63) is 24.3 Å². The summed E-state index contributed by atoms with van der Waals surface area (Å²) >= 11 is 0. The first-order chi connectivity index (χ1) is 7.62. The molecule has 5 heteroatoms. The van der Waals surface area contributed by atoms with Crippen molar-refractivity contribution < 1.29 is 4.79 Å². The van der Waals surface area contributed by atoms with E-state index in [2.05, 4.69) is 15.3 Å². The van der Waals surface area contributed by atoms with Gasteiger partial charge in [0.2, 0.25) is 5.91 Å². The number of hydrogen-bond donors (Lipinski definition) is 2. The summed E-state index contributed by atoms with van der Waals surface area (Å²) in [5.41, 5.74) is 5.90. The van der Waals surface area contributed by atoms with Crippen LogP contribution >= 0.6 is 0 Å². The van der Waals surface area contributed by atoms with E-state index in [1.54, 1.807) is 12.3 Å². The Morgan fingerprint density at radius 1 is 1.62 bits per heavy atom. The van der Waals surface area contributed by atoms with E-state index in [4.69, 9.17) is 5.73 Å². The Morgan fingerprint density at radius 3 is 2.88 bits per heavy atom. The van der Waals surface area contributed by atoms with Gasteiger partial charge < -0.3 is 11.1 Å². The molecule has 0 saturated heterocycles. The summed E-state index contributed by atoms with van der Waals surface area (Å²) in [6.45, 7) is 4.58. The quantitative estimate of drug-likeness (QED) is 0.758. The lowest BCUT2D eigenvalue weighted by Gasteiger charge is -2.24. The molecule has 0 aromatic carbocycles. The largest absolute Gasteiger partial charge is 0.350 e. The molecule has 3 N–H and O–H groups in total. The monoisotopic (exact) mass is 222 g/mol. The molecule has 1 aromatic rings. The Labute approximate surface area is 95.5 Å². The molecule has 5 nitrogen and oxygen atoms in total. The lowest BCUT2D eigenvalue weighted by atomic mass is 9.87. The van der Waals surface area contributed by atoms with E-state index in [0.29, 0.717) is 13.1 Å². The zero-order chi connectivity index (χ0) is 12.0. The minimum atomic E-state index is -0.493. The van der Waals surface area contributed by atoms with E-state index in [1.165, 1.54) is 6.33 Å². The molecular formula is C11H18N4O. The average molecular weight is 222 g/mol. The molecule has 1 unspecified atom stereocenters. The molecule has 88 valence electrons. The fourth-order valence-corrected chi connectivity index (χ4v) is 1.20. The van der Waals surface area contributed by atoms with Crippen molar-refractivity contribution in [3.8, 4) is 0 Å². The smallest absolute Gasteiger partial charge is 0.227 e. The fourth-order valence-electron chi connectivity index (χ4n) is 1.20. The maximum atomic E-state index is 11.9. The Bertz CT molecular complexity index is 335. The van der Waals surface area contributed by atoms with E-state index in [9.17, 15) is 4.79 Å². The number of nitrogens with zero attached hydrogens (tertiary/aromatic N) is 2. The van der Waals surface area contributed by atoms with Crippen LogP contribution in [0.15, 0.2) is 18.6 Å². The van der Waals surface area contributed by atoms with E-state index < -0.39 is 5.41 Å². The molecule has 0 radical (unpaired) electrons. The molecule has 1 rings (SSSR count). The SMILES string of the molecule is CCC(C)(CN)C(=O)NCc1ccncn1. The van der Waals surface area contributed by atoms with Gasteiger partial charge in [0.15, 0.2) is 0 Å². The van der Waals surface area contributed by atoms with Crippen molar-refractivity contribution in [3.63, 3.8) is 0 Å². The third-order valence-electron chi connectivity index (χ3n) is 2.85. The molecule has 1 amide bonds. The zero-order valence-electron chi connectivity index (χ0n) is 9.73. The van der Waals surface area contributed by atoms with Gasteiger partial charge in [-0.25, -0.2) is 9.97 Å². The summed E-state index contributed by atoms with van der Waals surface area (Å²) in [6, 6.07) is 1.77. The van der Waals surface area contributed by atoms with Crippen molar-refractivity contribution in [1.29, 1.82) is 0 Å². The second kappa shape index (κ2) is 5.55. The molecule has 1 heterocycles. The van der Waals surface area contributed by atoms with Crippen LogP contribution < -0.4 is 11.1 Å². The normalized spacial score (nSPS) is 14.2. The maximum Gasteiger partial charge on any atom is 0.227 e. The molecule has 16 heavy (non-hydrogen) atoms. The highest BCUT2D eigenvalue weighted by Gasteiger charge is 2.29. The Balaban J connectivity index is 2.53. The molecule has 1 atom stereocenters. The predicted octanol–water partition coefficient (Wildman–Crippen LogP) is 0.468. The van der Waals surface area contributed by atoms with Crippen LogP contribution in [0.1, 0.15) is 26.0 Å². The molecule has 0 spiro atoms. The highest BCUT2D eigenvalue weighted by atomic mass is 16.2. The van der Waals surface area contributed by atoms with Crippen LogP contribution in [0, 0.1) is 5.41 Å². The maximum absolute atomic E-state index is 11.9. The van der Waals surface area contributed by atoms with Crippen LogP contribution in [0.4, 0.5) is 0 Å². The van der Waals surface area contributed by atoms with Gasteiger partial charge >= 0.3 is 0 Å². The van der Waals surface area contributed by atoms with Gasteiger partial charge in [-0.3, -0.25) is 4.79 Å². The third-order valence-corrected chi connectivity index (χ3v) is 2.85. The second-order valence-electron chi connectivity index (χ2n) is 4.00. The van der Waals surface area contributed by atoms with Crippen molar-refractivity contribution in [1.82, 2.24) is 15.3 Å². The summed E-state index contributed by atoms with van der Waals surface area (Å²) in [5, 5.41) is 2.83.